The molecule has 40 heavy (non-hydrogen) atoms. The zero-order valence-corrected chi connectivity index (χ0v) is 22.6. The third kappa shape index (κ3) is 7.35. The van der Waals surface area contributed by atoms with Crippen LogP contribution in [0.1, 0.15) is 27.9 Å². The van der Waals surface area contributed by atoms with Crippen LogP contribution in [0, 0.1) is 6.92 Å². The normalized spacial score (nSPS) is 21.0. The second-order valence-electron chi connectivity index (χ2n) is 10.2. The van der Waals surface area contributed by atoms with E-state index in [0.717, 1.165) is 23.6 Å². The van der Waals surface area contributed by atoms with Gasteiger partial charge in [0, 0.05) is 43.7 Å². The van der Waals surface area contributed by atoms with Gasteiger partial charge in [-0.1, -0.05) is 36.4 Å². The molecule has 2 aromatic carbocycles. The van der Waals surface area contributed by atoms with Gasteiger partial charge < -0.3 is 30.5 Å². The topological polar surface area (TPSA) is 131 Å². The predicted octanol–water partition coefficient (Wildman–Crippen LogP) is 0.790. The van der Waals surface area contributed by atoms with Crippen molar-refractivity contribution < 1.29 is 33.7 Å². The molecule has 0 saturated carbocycles. The molecule has 2 saturated heterocycles. The van der Waals surface area contributed by atoms with Gasteiger partial charge in [-0.25, -0.2) is 4.39 Å². The van der Waals surface area contributed by atoms with Crippen LogP contribution in [0.4, 0.5) is 4.39 Å². The number of hydrogen-bond acceptors (Lipinski definition) is 7. The number of carbonyl (C=O) groups excluding carboxylic acids is 3. The molecule has 0 bridgehead atoms. The van der Waals surface area contributed by atoms with E-state index >= 15 is 0 Å². The monoisotopic (exact) mass is 556 g/mol. The molecule has 10 nitrogen and oxygen atoms in total. The molecule has 0 aliphatic carbocycles. The number of carbonyl (C=O) groups is 3. The van der Waals surface area contributed by atoms with Gasteiger partial charge in [0.1, 0.15) is 18.0 Å². The molecule has 2 fully saturated rings. The van der Waals surface area contributed by atoms with Crippen LogP contribution >= 0.6 is 0 Å². The summed E-state index contributed by atoms with van der Waals surface area (Å²) in [4.78, 5) is 42.9. The predicted molar refractivity (Wildman–Crippen MR) is 146 cm³/mol. The number of halogens is 1. The molecule has 4 atom stereocenters. The zero-order chi connectivity index (χ0) is 28.6. The Bertz CT molecular complexity index is 1180. The molecule has 2 aromatic rings. The average molecular weight is 557 g/mol. The SMILES string of the molecule is Cc1c(O)cccc1C(=O)N[C@@H](Cc1ccccc1)[C@H](O)C(=O)N1C[C@@H](F)C[C@H]1C(=O)NCCN1CCOCC1. The van der Waals surface area contributed by atoms with Crippen LogP contribution < -0.4 is 10.6 Å². The summed E-state index contributed by atoms with van der Waals surface area (Å²) < 4.78 is 19.8. The van der Waals surface area contributed by atoms with Crippen molar-refractivity contribution in [3.63, 3.8) is 0 Å². The van der Waals surface area contributed by atoms with Crippen molar-refractivity contribution in [2.75, 3.05) is 45.9 Å². The van der Waals surface area contributed by atoms with Gasteiger partial charge in [0.2, 0.25) is 5.91 Å². The van der Waals surface area contributed by atoms with E-state index in [4.69, 9.17) is 4.74 Å². The van der Waals surface area contributed by atoms with Gasteiger partial charge in [0.25, 0.3) is 11.8 Å². The number of aliphatic hydroxyl groups is 1. The number of benzene rings is 2. The first-order valence-corrected chi connectivity index (χ1v) is 13.6. The van der Waals surface area contributed by atoms with Gasteiger partial charge in [-0.05, 0) is 31.0 Å². The molecule has 0 unspecified atom stereocenters. The molecule has 0 aromatic heterocycles. The third-order valence-corrected chi connectivity index (χ3v) is 7.47. The summed E-state index contributed by atoms with van der Waals surface area (Å²) in [5.74, 6) is -1.95. The lowest BCUT2D eigenvalue weighted by Crippen LogP contribution is -2.56. The minimum atomic E-state index is -1.74. The first kappa shape index (κ1) is 29.4. The summed E-state index contributed by atoms with van der Waals surface area (Å²) in [6, 6.07) is 11.4. The summed E-state index contributed by atoms with van der Waals surface area (Å²) in [5, 5.41) is 26.8. The molecule has 11 heteroatoms. The minimum absolute atomic E-state index is 0.0580. The molecular formula is C29H37FN4O6. The summed E-state index contributed by atoms with van der Waals surface area (Å²) >= 11 is 0. The number of nitrogens with one attached hydrogen (secondary N) is 2. The van der Waals surface area contributed by atoms with Crippen molar-refractivity contribution in [1.29, 1.82) is 0 Å². The molecule has 2 aliphatic heterocycles. The molecule has 4 N–H and O–H groups in total. The van der Waals surface area contributed by atoms with E-state index in [1.165, 1.54) is 18.2 Å². The average Bonchev–Trinajstić information content (AvgIpc) is 3.36. The maximum Gasteiger partial charge on any atom is 0.254 e. The van der Waals surface area contributed by atoms with Gasteiger partial charge in [-0.2, -0.15) is 0 Å². The third-order valence-electron chi connectivity index (χ3n) is 7.47. The maximum absolute atomic E-state index is 14.5. The van der Waals surface area contributed by atoms with Crippen molar-refractivity contribution >= 4 is 17.7 Å². The van der Waals surface area contributed by atoms with Gasteiger partial charge in [-0.3, -0.25) is 19.3 Å². The molecule has 2 heterocycles. The van der Waals surface area contributed by atoms with Crippen LogP contribution in [0.5, 0.6) is 5.75 Å². The van der Waals surface area contributed by atoms with Crippen LogP contribution in [0.25, 0.3) is 0 Å². The van der Waals surface area contributed by atoms with Gasteiger partial charge in [0.15, 0.2) is 6.10 Å². The number of alkyl halides is 1. The summed E-state index contributed by atoms with van der Waals surface area (Å²) in [6.45, 7) is 5.00. The Kier molecular flexibility index (Phi) is 10.1. The quantitative estimate of drug-likeness (QED) is 0.340. The highest BCUT2D eigenvalue weighted by atomic mass is 19.1. The van der Waals surface area contributed by atoms with Crippen molar-refractivity contribution in [2.45, 2.75) is 44.1 Å². The number of phenolic OH excluding ortho intramolecular Hbond substituents is 1. The largest absolute Gasteiger partial charge is 0.508 e. The maximum atomic E-state index is 14.5. The number of phenols is 1. The number of likely N-dealkylation sites (tertiary alicyclic amines) is 1. The van der Waals surface area contributed by atoms with Crippen molar-refractivity contribution in [1.82, 2.24) is 20.4 Å². The molecular weight excluding hydrogens is 519 g/mol. The highest BCUT2D eigenvalue weighted by Crippen LogP contribution is 2.24. The standard InChI is InChI=1S/C29H37FN4O6/c1-19-22(8-5-9-25(19)35)27(37)32-23(16-20-6-3-2-4-7-20)26(36)29(39)34-18-21(30)17-24(34)28(38)31-10-11-33-12-14-40-15-13-33/h2-9,21,23-24,26,35-36H,10-18H2,1H3,(H,31,38)(H,32,37)/t21-,23-,24-,26-/m0/s1. The summed E-state index contributed by atoms with van der Waals surface area (Å²) in [5.41, 5.74) is 1.31. The molecule has 0 radical (unpaired) electrons. The molecule has 2 aliphatic rings. The molecule has 3 amide bonds. The Labute approximate surface area is 233 Å². The van der Waals surface area contributed by atoms with Crippen LogP contribution in [0.3, 0.4) is 0 Å². The number of hydrogen-bond donors (Lipinski definition) is 4. The Morgan fingerprint density at radius 3 is 2.55 bits per heavy atom. The van der Waals surface area contributed by atoms with Crippen molar-refractivity contribution in [3.8, 4) is 5.75 Å². The minimum Gasteiger partial charge on any atom is -0.508 e. The van der Waals surface area contributed by atoms with E-state index in [1.54, 1.807) is 31.2 Å². The molecule has 4 rings (SSSR count). The summed E-state index contributed by atoms with van der Waals surface area (Å²) in [6.07, 6.45) is -3.21. The van der Waals surface area contributed by atoms with Gasteiger partial charge in [-0.15, -0.1) is 0 Å². The number of nitrogens with zero attached hydrogens (tertiary/aromatic N) is 2. The highest BCUT2D eigenvalue weighted by Gasteiger charge is 2.43. The highest BCUT2D eigenvalue weighted by molar-refractivity contribution is 5.97. The summed E-state index contributed by atoms with van der Waals surface area (Å²) in [7, 11) is 0. The zero-order valence-electron chi connectivity index (χ0n) is 22.6. The number of ether oxygens (including phenoxy) is 1. The fraction of sp³-hybridized carbons (Fsp3) is 0.483. The second-order valence-corrected chi connectivity index (χ2v) is 10.2. The van der Waals surface area contributed by atoms with Crippen LogP contribution in [-0.2, 0) is 20.7 Å². The van der Waals surface area contributed by atoms with E-state index in [9.17, 15) is 29.0 Å². The first-order chi connectivity index (χ1) is 19.2. The Balaban J connectivity index is 1.46. The smallest absolute Gasteiger partial charge is 0.254 e. The Morgan fingerprint density at radius 1 is 1.10 bits per heavy atom. The Morgan fingerprint density at radius 2 is 1.82 bits per heavy atom. The lowest BCUT2D eigenvalue weighted by Gasteiger charge is -2.30. The number of aromatic hydroxyl groups is 1. The van der Waals surface area contributed by atoms with Crippen molar-refractivity contribution in [2.24, 2.45) is 0 Å². The van der Waals surface area contributed by atoms with E-state index in [2.05, 4.69) is 15.5 Å². The molecule has 216 valence electrons. The number of amides is 3. The van der Waals surface area contributed by atoms with Gasteiger partial charge in [0.05, 0.1) is 25.8 Å². The van der Waals surface area contributed by atoms with Crippen LogP contribution in [0.15, 0.2) is 48.5 Å². The van der Waals surface area contributed by atoms with Crippen molar-refractivity contribution in [3.05, 3.63) is 65.2 Å². The second kappa shape index (κ2) is 13.7. The van der Waals surface area contributed by atoms with E-state index in [-0.39, 0.29) is 30.7 Å². The van der Waals surface area contributed by atoms with E-state index in [0.29, 0.717) is 31.9 Å². The lowest BCUT2D eigenvalue weighted by molar-refractivity contribution is -0.146. The van der Waals surface area contributed by atoms with Crippen LogP contribution in [0.2, 0.25) is 0 Å². The number of morpholine rings is 1. The number of aliphatic hydroxyl groups excluding tert-OH is 1. The van der Waals surface area contributed by atoms with Gasteiger partial charge >= 0.3 is 0 Å². The fourth-order valence-corrected chi connectivity index (χ4v) is 5.12. The van der Waals surface area contributed by atoms with Crippen LogP contribution in [-0.4, -0.2) is 108 Å². The molecule has 0 spiro atoms. The Hall–Kier alpha value is -3.54. The number of rotatable bonds is 10. The van der Waals surface area contributed by atoms with E-state index < -0.39 is 42.1 Å². The lowest BCUT2D eigenvalue weighted by atomic mass is 9.98. The van der Waals surface area contributed by atoms with E-state index in [1.807, 2.05) is 6.07 Å². The first-order valence-electron chi connectivity index (χ1n) is 13.6. The fourth-order valence-electron chi connectivity index (χ4n) is 5.12.